The normalized spacial score (nSPS) is 18.0. The Labute approximate surface area is 170 Å². The van der Waals surface area contributed by atoms with Gasteiger partial charge in [0.05, 0.1) is 16.8 Å². The quantitative estimate of drug-likeness (QED) is 0.285. The van der Waals surface area contributed by atoms with Crippen molar-refractivity contribution in [2.75, 3.05) is 39.1 Å². The van der Waals surface area contributed by atoms with Gasteiger partial charge in [0.25, 0.3) is 0 Å². The molecule has 1 aliphatic rings. The first-order chi connectivity index (χ1) is 12.9. The van der Waals surface area contributed by atoms with Gasteiger partial charge in [-0.25, -0.2) is 8.42 Å². The molecule has 148 valence electrons. The highest BCUT2D eigenvalue weighted by Gasteiger charge is 2.27. The zero-order valence-corrected chi connectivity index (χ0v) is 17.5. The highest BCUT2D eigenvalue weighted by atomic mass is 35.5. The van der Waals surface area contributed by atoms with Gasteiger partial charge in [-0.2, -0.15) is 4.31 Å². The Morgan fingerprint density at radius 1 is 1.44 bits per heavy atom. The van der Waals surface area contributed by atoms with E-state index in [1.54, 1.807) is 24.3 Å². The summed E-state index contributed by atoms with van der Waals surface area (Å²) in [6.07, 6.45) is 7.09. The second-order valence-electron chi connectivity index (χ2n) is 5.83. The average molecular weight is 430 g/mol. The van der Waals surface area contributed by atoms with Crippen molar-refractivity contribution < 1.29 is 13.5 Å². The van der Waals surface area contributed by atoms with Crippen LogP contribution in [0.25, 0.3) is 0 Å². The van der Waals surface area contributed by atoms with E-state index in [2.05, 4.69) is 11.9 Å². The van der Waals surface area contributed by atoms with Crippen molar-refractivity contribution in [3.05, 3.63) is 59.2 Å². The van der Waals surface area contributed by atoms with Crippen LogP contribution in [0.3, 0.4) is 0 Å². The van der Waals surface area contributed by atoms with Crippen LogP contribution in [0.2, 0.25) is 0 Å². The van der Waals surface area contributed by atoms with Crippen molar-refractivity contribution in [1.82, 2.24) is 9.62 Å². The lowest BCUT2D eigenvalue weighted by atomic mass is 10.3. The van der Waals surface area contributed by atoms with Gasteiger partial charge in [-0.05, 0) is 18.2 Å². The van der Waals surface area contributed by atoms with Gasteiger partial charge in [-0.1, -0.05) is 36.6 Å². The van der Waals surface area contributed by atoms with Crippen LogP contribution < -0.4 is 10.4 Å². The fraction of sp³-hybridized carbons (Fsp3) is 0.333. The summed E-state index contributed by atoms with van der Waals surface area (Å²) >= 11 is 7.06. The Kier molecular flexibility index (Phi) is 8.56. The molecule has 0 aromatic heterocycles. The van der Waals surface area contributed by atoms with E-state index in [-0.39, 0.29) is 9.96 Å². The lowest BCUT2D eigenvalue weighted by Gasteiger charge is -2.27. The van der Waals surface area contributed by atoms with Crippen molar-refractivity contribution in [3.8, 4) is 0 Å². The van der Waals surface area contributed by atoms with Crippen LogP contribution in [-0.4, -0.2) is 51.8 Å². The largest absolute Gasteiger partial charge is 0.629 e. The number of halogens is 1. The summed E-state index contributed by atoms with van der Waals surface area (Å²) < 4.78 is 27.2. The molecule has 0 saturated carbocycles. The lowest BCUT2D eigenvalue weighted by Crippen LogP contribution is -2.98. The Hall–Kier alpha value is -1.13. The summed E-state index contributed by atoms with van der Waals surface area (Å²) in [5, 5.41) is 15.1. The van der Waals surface area contributed by atoms with Crippen LogP contribution >= 0.6 is 23.4 Å². The number of hydroxylamine groups is 1. The highest BCUT2D eigenvalue weighted by Crippen LogP contribution is 2.34. The van der Waals surface area contributed by atoms with Crippen molar-refractivity contribution in [2.24, 2.45) is 0 Å². The van der Waals surface area contributed by atoms with Crippen molar-refractivity contribution in [1.29, 1.82) is 0 Å². The number of hydrogen-bond acceptors (Lipinski definition) is 5. The number of thioether (sulfide) groups is 1. The standard InChI is InChI=1S/C18H24ClN3O3S2/c1-3-5-15(6-4-9-19)26-18-8-7-16(14-17(18)21(2)23)27(24,25)22-12-10-20-11-13-22/h3-8,14,20-21H,1,9-13H2,2H3/b6-4-,15-5+. The fourth-order valence-electron chi connectivity index (χ4n) is 2.59. The third kappa shape index (κ3) is 5.92. The lowest BCUT2D eigenvalue weighted by molar-refractivity contribution is -0.753. The van der Waals surface area contributed by atoms with Gasteiger partial charge >= 0.3 is 0 Å². The SMILES string of the molecule is C=C/C=C(\C=C/CCl)Sc1ccc(S(=O)(=O)N2CCNCC2)cc1[NH+](C)[O-]. The van der Waals surface area contributed by atoms with E-state index >= 15 is 0 Å². The van der Waals surface area contributed by atoms with Gasteiger partial charge < -0.3 is 15.6 Å². The molecule has 1 saturated heterocycles. The maximum atomic E-state index is 12.9. The number of piperazine rings is 1. The van der Waals surface area contributed by atoms with Crippen molar-refractivity contribution >= 4 is 39.1 Å². The summed E-state index contributed by atoms with van der Waals surface area (Å²) in [7, 11) is -2.18. The van der Waals surface area contributed by atoms with Gasteiger partial charge in [0.1, 0.15) is 5.69 Å². The summed E-state index contributed by atoms with van der Waals surface area (Å²) in [6, 6.07) is 4.71. The summed E-state index contributed by atoms with van der Waals surface area (Å²) in [4.78, 5) is 1.68. The average Bonchev–Trinajstić information content (AvgIpc) is 2.67. The molecule has 27 heavy (non-hydrogen) atoms. The van der Waals surface area contributed by atoms with Crippen LogP contribution in [0, 0.1) is 5.21 Å². The molecule has 6 nitrogen and oxygen atoms in total. The number of benzene rings is 1. The maximum absolute atomic E-state index is 12.9. The first kappa shape index (κ1) is 22.2. The molecule has 9 heteroatoms. The van der Waals surface area contributed by atoms with Crippen LogP contribution in [0.1, 0.15) is 0 Å². The van der Waals surface area contributed by atoms with E-state index in [1.165, 1.54) is 29.2 Å². The Bertz CT molecular complexity index is 817. The second kappa shape index (κ2) is 10.4. The first-order valence-corrected chi connectivity index (χ1v) is 11.3. The highest BCUT2D eigenvalue weighted by molar-refractivity contribution is 8.03. The zero-order chi connectivity index (χ0) is 19.9. The van der Waals surface area contributed by atoms with E-state index in [0.29, 0.717) is 42.6 Å². The van der Waals surface area contributed by atoms with Gasteiger partial charge in [-0.3, -0.25) is 0 Å². The minimum atomic E-state index is -3.62. The molecule has 0 aliphatic carbocycles. The molecule has 0 radical (unpaired) electrons. The molecule has 1 unspecified atom stereocenters. The van der Waals surface area contributed by atoms with Crippen molar-refractivity contribution in [3.63, 3.8) is 0 Å². The number of nitrogens with zero attached hydrogens (tertiary/aromatic N) is 1. The van der Waals surface area contributed by atoms with Crippen LogP contribution in [0.5, 0.6) is 0 Å². The van der Waals surface area contributed by atoms with E-state index in [0.717, 1.165) is 4.91 Å². The summed E-state index contributed by atoms with van der Waals surface area (Å²) in [5.74, 6) is 0.372. The molecule has 0 amide bonds. The van der Waals surface area contributed by atoms with Crippen LogP contribution in [0.15, 0.2) is 63.8 Å². The monoisotopic (exact) mass is 429 g/mol. The molecule has 2 N–H and O–H groups in total. The van der Waals surface area contributed by atoms with E-state index in [1.807, 2.05) is 12.2 Å². The zero-order valence-electron chi connectivity index (χ0n) is 15.2. The molecule has 2 rings (SSSR count). The van der Waals surface area contributed by atoms with Gasteiger partial charge in [0.15, 0.2) is 0 Å². The number of hydrogen-bond donors (Lipinski definition) is 2. The van der Waals surface area contributed by atoms with E-state index in [4.69, 9.17) is 11.6 Å². The molecule has 1 aromatic carbocycles. The number of quaternary nitrogens is 1. The second-order valence-corrected chi connectivity index (χ2v) is 9.19. The molecular weight excluding hydrogens is 406 g/mol. The van der Waals surface area contributed by atoms with E-state index < -0.39 is 10.0 Å². The minimum Gasteiger partial charge on any atom is -0.629 e. The molecular formula is C18H24ClN3O3S2. The van der Waals surface area contributed by atoms with Gasteiger partial charge in [-0.15, -0.1) is 11.6 Å². The molecule has 0 spiro atoms. The minimum absolute atomic E-state index is 0.143. The first-order valence-electron chi connectivity index (χ1n) is 8.49. The number of sulfonamides is 1. The molecule has 0 bridgehead atoms. The third-order valence-electron chi connectivity index (χ3n) is 3.93. The van der Waals surface area contributed by atoms with E-state index in [9.17, 15) is 13.6 Å². The molecule has 1 heterocycles. The molecule has 1 aromatic rings. The molecule has 1 fully saturated rings. The Balaban J connectivity index is 2.37. The predicted molar refractivity (Wildman–Crippen MR) is 112 cm³/mol. The molecule has 1 atom stereocenters. The predicted octanol–water partition coefficient (Wildman–Crippen LogP) is 1.88. The Morgan fingerprint density at radius 3 is 2.74 bits per heavy atom. The van der Waals surface area contributed by atoms with Crippen molar-refractivity contribution in [2.45, 2.75) is 9.79 Å². The number of allylic oxidation sites excluding steroid dienone is 4. The van der Waals surface area contributed by atoms with Crippen LogP contribution in [-0.2, 0) is 10.0 Å². The summed E-state index contributed by atoms with van der Waals surface area (Å²) in [5.41, 5.74) is 0.380. The maximum Gasteiger partial charge on any atom is 0.243 e. The number of alkyl halides is 1. The number of rotatable bonds is 8. The van der Waals surface area contributed by atoms with Gasteiger partial charge in [0, 0.05) is 43.0 Å². The summed E-state index contributed by atoms with van der Waals surface area (Å²) in [6.45, 7) is 5.77. The molecule has 1 aliphatic heterocycles. The third-order valence-corrected chi connectivity index (χ3v) is 7.08. The smallest absolute Gasteiger partial charge is 0.243 e. The van der Waals surface area contributed by atoms with Gasteiger partial charge in [0.2, 0.25) is 10.0 Å². The number of nitrogens with one attached hydrogen (secondary N) is 2. The topological polar surface area (TPSA) is 76.9 Å². The fourth-order valence-corrected chi connectivity index (χ4v) is 5.18. The Morgan fingerprint density at radius 2 is 2.15 bits per heavy atom. The van der Waals surface area contributed by atoms with Crippen LogP contribution in [0.4, 0.5) is 5.69 Å².